The lowest BCUT2D eigenvalue weighted by Crippen LogP contribution is -2.37. The molecule has 0 aliphatic rings. The quantitative estimate of drug-likeness (QED) is 0.890. The van der Waals surface area contributed by atoms with Crippen LogP contribution in [-0.4, -0.2) is 35.7 Å². The van der Waals surface area contributed by atoms with Crippen molar-refractivity contribution in [3.8, 4) is 0 Å². The van der Waals surface area contributed by atoms with Gasteiger partial charge in [-0.3, -0.25) is 4.79 Å². The monoisotopic (exact) mass is 276 g/mol. The van der Waals surface area contributed by atoms with Crippen LogP contribution in [0.15, 0.2) is 6.07 Å². The number of aromatic nitrogens is 2. The Bertz CT molecular complexity index is 400. The van der Waals surface area contributed by atoms with Crippen LogP contribution in [0.25, 0.3) is 0 Å². The molecule has 0 radical (unpaired) electrons. The van der Waals surface area contributed by atoms with Crippen LogP contribution in [0.2, 0.25) is 10.3 Å². The fourth-order valence-corrected chi connectivity index (χ4v) is 1.71. The molecule has 0 saturated carbocycles. The number of rotatable bonds is 5. The number of hydrogen-bond donors (Lipinski definition) is 1. The van der Waals surface area contributed by atoms with Gasteiger partial charge in [0.25, 0.3) is 0 Å². The summed E-state index contributed by atoms with van der Waals surface area (Å²) in [6.07, 6.45) is 0. The van der Waals surface area contributed by atoms with E-state index in [1.54, 1.807) is 11.0 Å². The SMILES string of the molecule is CCNC(=O)CN(CC)c1cc(Cl)nnc1Cl. The van der Waals surface area contributed by atoms with E-state index >= 15 is 0 Å². The zero-order valence-electron chi connectivity index (χ0n) is 9.70. The van der Waals surface area contributed by atoms with Crippen molar-refractivity contribution in [2.45, 2.75) is 13.8 Å². The molecule has 1 amide bonds. The van der Waals surface area contributed by atoms with E-state index in [1.807, 2.05) is 13.8 Å². The highest BCUT2D eigenvalue weighted by atomic mass is 35.5. The largest absolute Gasteiger partial charge is 0.360 e. The standard InChI is InChI=1S/C10H14Cl2N4O/c1-3-13-9(17)6-16(4-2)7-5-8(11)14-15-10(7)12/h5H,3-4,6H2,1-2H3,(H,13,17). The molecule has 0 aromatic carbocycles. The maximum absolute atomic E-state index is 11.5. The molecule has 5 nitrogen and oxygen atoms in total. The molecule has 0 unspecified atom stereocenters. The molecule has 0 atom stereocenters. The number of carbonyl (C=O) groups excluding carboxylic acids is 1. The van der Waals surface area contributed by atoms with Gasteiger partial charge in [0.2, 0.25) is 5.91 Å². The van der Waals surface area contributed by atoms with Gasteiger partial charge in [0.1, 0.15) is 0 Å². The number of nitrogens with zero attached hydrogens (tertiary/aromatic N) is 3. The summed E-state index contributed by atoms with van der Waals surface area (Å²) in [7, 11) is 0. The molecule has 1 rings (SSSR count). The zero-order chi connectivity index (χ0) is 12.8. The normalized spacial score (nSPS) is 10.1. The third-order valence-electron chi connectivity index (χ3n) is 2.13. The fourth-order valence-electron chi connectivity index (χ4n) is 1.36. The van der Waals surface area contributed by atoms with Crippen LogP contribution in [0.1, 0.15) is 13.8 Å². The van der Waals surface area contributed by atoms with Gasteiger partial charge in [0.05, 0.1) is 12.2 Å². The van der Waals surface area contributed by atoms with E-state index in [0.717, 1.165) is 0 Å². The molecule has 0 spiro atoms. The van der Waals surface area contributed by atoms with Crippen LogP contribution >= 0.6 is 23.2 Å². The Kier molecular flexibility index (Phi) is 5.44. The van der Waals surface area contributed by atoms with Gasteiger partial charge in [0, 0.05) is 19.2 Å². The van der Waals surface area contributed by atoms with Crippen LogP contribution in [0.5, 0.6) is 0 Å². The van der Waals surface area contributed by atoms with Crippen molar-refractivity contribution >= 4 is 34.8 Å². The average molecular weight is 277 g/mol. The number of nitrogens with one attached hydrogen (secondary N) is 1. The number of hydrogen-bond acceptors (Lipinski definition) is 4. The topological polar surface area (TPSA) is 58.1 Å². The maximum Gasteiger partial charge on any atom is 0.239 e. The third kappa shape index (κ3) is 4.02. The number of anilines is 1. The minimum atomic E-state index is -0.0710. The van der Waals surface area contributed by atoms with Crippen LogP contribution in [0.4, 0.5) is 5.69 Å². The van der Waals surface area contributed by atoms with Crippen LogP contribution < -0.4 is 10.2 Å². The molecule has 17 heavy (non-hydrogen) atoms. The second kappa shape index (κ2) is 6.61. The van der Waals surface area contributed by atoms with E-state index < -0.39 is 0 Å². The molecular formula is C10H14Cl2N4O. The Balaban J connectivity index is 2.85. The van der Waals surface area contributed by atoms with Crippen molar-refractivity contribution in [1.82, 2.24) is 15.5 Å². The van der Waals surface area contributed by atoms with Crippen molar-refractivity contribution in [3.63, 3.8) is 0 Å². The minimum absolute atomic E-state index is 0.0710. The molecule has 7 heteroatoms. The van der Waals surface area contributed by atoms with E-state index in [2.05, 4.69) is 15.5 Å². The van der Waals surface area contributed by atoms with Gasteiger partial charge >= 0.3 is 0 Å². The van der Waals surface area contributed by atoms with Crippen LogP contribution in [0, 0.1) is 0 Å². The molecule has 1 aromatic rings. The maximum atomic E-state index is 11.5. The predicted molar refractivity (Wildman–Crippen MR) is 68.6 cm³/mol. The summed E-state index contributed by atoms with van der Waals surface area (Å²) in [6.45, 7) is 5.22. The summed E-state index contributed by atoms with van der Waals surface area (Å²) < 4.78 is 0. The predicted octanol–water partition coefficient (Wildman–Crippen LogP) is 1.75. The number of likely N-dealkylation sites (N-methyl/N-ethyl adjacent to an activating group) is 2. The highest BCUT2D eigenvalue weighted by molar-refractivity contribution is 6.33. The number of amides is 1. The van der Waals surface area contributed by atoms with Gasteiger partial charge in [-0.05, 0) is 13.8 Å². The summed E-state index contributed by atoms with van der Waals surface area (Å²) in [5.74, 6) is -0.0710. The lowest BCUT2D eigenvalue weighted by molar-refractivity contribution is -0.119. The van der Waals surface area contributed by atoms with E-state index in [1.165, 1.54) is 0 Å². The molecule has 0 aliphatic carbocycles. The van der Waals surface area contributed by atoms with Gasteiger partial charge in [-0.1, -0.05) is 23.2 Å². The first-order valence-corrected chi connectivity index (χ1v) is 6.04. The van der Waals surface area contributed by atoms with E-state index in [4.69, 9.17) is 23.2 Å². The third-order valence-corrected chi connectivity index (χ3v) is 2.59. The van der Waals surface area contributed by atoms with Crippen LogP contribution in [0.3, 0.4) is 0 Å². The number of halogens is 2. The zero-order valence-corrected chi connectivity index (χ0v) is 11.2. The summed E-state index contributed by atoms with van der Waals surface area (Å²) in [5, 5.41) is 10.5. The molecule has 0 fully saturated rings. The smallest absolute Gasteiger partial charge is 0.239 e. The lowest BCUT2D eigenvalue weighted by Gasteiger charge is -2.22. The van der Waals surface area contributed by atoms with Gasteiger partial charge < -0.3 is 10.2 Å². The molecule has 0 saturated heterocycles. The van der Waals surface area contributed by atoms with Crippen molar-refractivity contribution < 1.29 is 4.79 Å². The van der Waals surface area contributed by atoms with Gasteiger partial charge in [-0.15, -0.1) is 10.2 Å². The summed E-state index contributed by atoms with van der Waals surface area (Å²) >= 11 is 11.7. The second-order valence-corrected chi connectivity index (χ2v) is 4.06. The van der Waals surface area contributed by atoms with E-state index in [-0.39, 0.29) is 22.8 Å². The Morgan fingerprint density at radius 2 is 2.12 bits per heavy atom. The first-order chi connectivity index (χ1) is 8.08. The second-order valence-electron chi connectivity index (χ2n) is 3.31. The van der Waals surface area contributed by atoms with Crippen molar-refractivity contribution in [2.24, 2.45) is 0 Å². The minimum Gasteiger partial charge on any atom is -0.360 e. The molecule has 94 valence electrons. The van der Waals surface area contributed by atoms with Crippen molar-refractivity contribution in [1.29, 1.82) is 0 Å². The molecule has 0 aliphatic heterocycles. The molecule has 1 N–H and O–H groups in total. The Hall–Kier alpha value is -1.07. The summed E-state index contributed by atoms with van der Waals surface area (Å²) in [5.41, 5.74) is 0.611. The van der Waals surface area contributed by atoms with Crippen molar-refractivity contribution in [3.05, 3.63) is 16.4 Å². The van der Waals surface area contributed by atoms with Gasteiger partial charge in [-0.25, -0.2) is 0 Å². The summed E-state index contributed by atoms with van der Waals surface area (Å²) in [6, 6.07) is 1.60. The molecular weight excluding hydrogens is 263 g/mol. The molecule has 1 heterocycles. The molecule has 0 bridgehead atoms. The first-order valence-electron chi connectivity index (χ1n) is 5.28. The highest BCUT2D eigenvalue weighted by Gasteiger charge is 2.14. The highest BCUT2D eigenvalue weighted by Crippen LogP contribution is 2.24. The Morgan fingerprint density at radius 1 is 1.41 bits per heavy atom. The average Bonchev–Trinajstić information content (AvgIpc) is 2.30. The number of carbonyl (C=O) groups is 1. The van der Waals surface area contributed by atoms with E-state index in [9.17, 15) is 4.79 Å². The molecule has 1 aromatic heterocycles. The lowest BCUT2D eigenvalue weighted by atomic mass is 10.3. The van der Waals surface area contributed by atoms with Gasteiger partial charge in [0.15, 0.2) is 10.3 Å². The van der Waals surface area contributed by atoms with E-state index in [0.29, 0.717) is 18.8 Å². The Labute approximate surface area is 110 Å². The summed E-state index contributed by atoms with van der Waals surface area (Å²) in [4.78, 5) is 13.3. The van der Waals surface area contributed by atoms with Crippen LogP contribution in [-0.2, 0) is 4.79 Å². The first kappa shape index (κ1) is 14.0. The fraction of sp³-hybridized carbons (Fsp3) is 0.500. The Morgan fingerprint density at radius 3 is 2.71 bits per heavy atom. The van der Waals surface area contributed by atoms with Gasteiger partial charge in [-0.2, -0.15) is 0 Å². The van der Waals surface area contributed by atoms with Crippen molar-refractivity contribution in [2.75, 3.05) is 24.5 Å².